The molecule has 35 heavy (non-hydrogen) atoms. The van der Waals surface area contributed by atoms with Crippen LogP contribution in [-0.4, -0.2) is 31.6 Å². The molecular weight excluding hydrogens is 698 g/mol. The van der Waals surface area contributed by atoms with Crippen molar-refractivity contribution >= 4 is 67.0 Å². The predicted molar refractivity (Wildman–Crippen MR) is 149 cm³/mol. The maximum Gasteiger partial charge on any atom is 0.255 e. The van der Waals surface area contributed by atoms with E-state index in [1.807, 2.05) is 47.2 Å². The summed E-state index contributed by atoms with van der Waals surface area (Å²) in [6.07, 6.45) is 1.32. The van der Waals surface area contributed by atoms with Gasteiger partial charge in [0.15, 0.2) is 5.75 Å². The third-order valence-corrected chi connectivity index (χ3v) is 6.93. The smallest absolute Gasteiger partial charge is 0.255 e. The number of carbonyl (C=O) groups excluding carboxylic acids is 2. The molecule has 0 aliphatic rings. The normalized spacial score (nSPS) is 11.1. The second-order valence-corrected chi connectivity index (χ2v) is 11.7. The molecule has 3 rings (SSSR count). The first-order valence-corrected chi connectivity index (χ1v) is 14.4. The average Bonchev–Trinajstić information content (AvgIpc) is 2.79. The third kappa shape index (κ3) is 8.35. The number of aromatic hydroxyl groups is 1. The van der Waals surface area contributed by atoms with Crippen LogP contribution in [0.1, 0.15) is 27.9 Å². The monoisotopic (exact) mass is 720 g/mol. The first kappa shape index (κ1) is 27.2. The van der Waals surface area contributed by atoms with Crippen LogP contribution in [0, 0.1) is 7.14 Å². The topological polar surface area (TPSA) is 122 Å². The minimum Gasteiger partial charge on any atom is -0.507 e. The Morgan fingerprint density at radius 3 is 2.26 bits per heavy atom. The number of nitrogens with one attached hydrogen (secondary N) is 2. The number of amides is 2. The van der Waals surface area contributed by atoms with E-state index in [9.17, 15) is 23.1 Å². The van der Waals surface area contributed by atoms with E-state index in [0.717, 1.165) is 24.5 Å². The molecule has 11 heteroatoms. The second-order valence-electron chi connectivity index (χ2n) is 7.64. The van der Waals surface area contributed by atoms with Crippen LogP contribution >= 0.6 is 45.2 Å². The van der Waals surface area contributed by atoms with Crippen LogP contribution in [0.2, 0.25) is 0 Å². The molecule has 0 fully saturated rings. The molecule has 0 aromatic heterocycles. The SMILES string of the molecule is CS(=O)(=O)NC(=O)CCc1cc(I)c(Oc2ccc(O)c(C(=O)NCc3ccccc3)c2)c(I)c1. The van der Waals surface area contributed by atoms with E-state index in [4.69, 9.17) is 4.74 Å². The van der Waals surface area contributed by atoms with Crippen molar-refractivity contribution in [3.8, 4) is 17.2 Å². The minimum atomic E-state index is -3.58. The van der Waals surface area contributed by atoms with Crippen molar-refractivity contribution in [1.82, 2.24) is 10.0 Å². The lowest BCUT2D eigenvalue weighted by molar-refractivity contribution is -0.119. The van der Waals surface area contributed by atoms with Crippen LogP contribution in [0.4, 0.5) is 0 Å². The maximum atomic E-state index is 12.6. The van der Waals surface area contributed by atoms with Gasteiger partial charge in [-0.2, -0.15) is 0 Å². The molecule has 0 bridgehead atoms. The van der Waals surface area contributed by atoms with Gasteiger partial charge >= 0.3 is 0 Å². The summed E-state index contributed by atoms with van der Waals surface area (Å²) in [5, 5.41) is 13.0. The van der Waals surface area contributed by atoms with E-state index in [2.05, 4.69) is 50.5 Å². The third-order valence-electron chi connectivity index (χ3n) is 4.73. The van der Waals surface area contributed by atoms with Crippen molar-refractivity contribution in [2.75, 3.05) is 6.26 Å². The zero-order valence-electron chi connectivity index (χ0n) is 18.5. The Hall–Kier alpha value is -2.39. The summed E-state index contributed by atoms with van der Waals surface area (Å²) in [7, 11) is -3.58. The highest BCUT2D eigenvalue weighted by Gasteiger charge is 2.16. The lowest BCUT2D eigenvalue weighted by Crippen LogP contribution is -2.29. The van der Waals surface area contributed by atoms with E-state index < -0.39 is 21.8 Å². The Bertz CT molecular complexity index is 1320. The first-order valence-electron chi connectivity index (χ1n) is 10.3. The number of rotatable bonds is 9. The van der Waals surface area contributed by atoms with Gasteiger partial charge in [-0.3, -0.25) is 14.3 Å². The van der Waals surface area contributed by atoms with E-state index in [1.165, 1.54) is 12.1 Å². The van der Waals surface area contributed by atoms with Gasteiger partial charge in [0.2, 0.25) is 15.9 Å². The summed E-state index contributed by atoms with van der Waals surface area (Å²) in [5.41, 5.74) is 1.88. The Kier molecular flexibility index (Phi) is 9.35. The Balaban J connectivity index is 1.70. The van der Waals surface area contributed by atoms with Gasteiger partial charge < -0.3 is 15.2 Å². The molecule has 0 unspecified atom stereocenters. The van der Waals surface area contributed by atoms with Crippen molar-refractivity contribution in [1.29, 1.82) is 0 Å². The average molecular weight is 720 g/mol. The highest BCUT2D eigenvalue weighted by atomic mass is 127. The fourth-order valence-corrected chi connectivity index (χ4v) is 5.75. The molecule has 3 N–H and O–H groups in total. The maximum absolute atomic E-state index is 12.6. The molecule has 0 saturated heterocycles. The van der Waals surface area contributed by atoms with Crippen molar-refractivity contribution in [3.63, 3.8) is 0 Å². The van der Waals surface area contributed by atoms with Gasteiger partial charge in [0.25, 0.3) is 5.91 Å². The van der Waals surface area contributed by atoms with E-state index >= 15 is 0 Å². The molecule has 8 nitrogen and oxygen atoms in total. The standard InChI is InChI=1S/C24H22I2N2O6S/c1-35(32,33)28-22(30)10-7-16-11-19(25)23(20(26)12-16)34-17-8-9-21(29)18(13-17)24(31)27-14-15-5-3-2-4-6-15/h2-6,8-9,11-13,29H,7,10,14H2,1H3,(H,27,31)(H,28,30). The Morgan fingerprint density at radius 2 is 1.63 bits per heavy atom. The van der Waals surface area contributed by atoms with E-state index in [-0.39, 0.29) is 17.7 Å². The quantitative estimate of drug-likeness (QED) is 0.283. The van der Waals surface area contributed by atoms with Crippen LogP contribution in [0.3, 0.4) is 0 Å². The lowest BCUT2D eigenvalue weighted by Gasteiger charge is -2.14. The number of sulfonamides is 1. The van der Waals surface area contributed by atoms with Gasteiger partial charge in [0, 0.05) is 13.0 Å². The van der Waals surface area contributed by atoms with Crippen molar-refractivity contribution in [3.05, 3.63) is 84.5 Å². The fraction of sp³-hybridized carbons (Fsp3) is 0.167. The van der Waals surface area contributed by atoms with Crippen molar-refractivity contribution < 1.29 is 27.9 Å². The minimum absolute atomic E-state index is 0.0266. The highest BCUT2D eigenvalue weighted by Crippen LogP contribution is 2.34. The largest absolute Gasteiger partial charge is 0.507 e. The van der Waals surface area contributed by atoms with Gasteiger partial charge in [0.05, 0.1) is 19.0 Å². The van der Waals surface area contributed by atoms with Crippen LogP contribution in [-0.2, 0) is 27.8 Å². The number of hydrogen-bond acceptors (Lipinski definition) is 6. The van der Waals surface area contributed by atoms with Gasteiger partial charge in [-0.15, -0.1) is 0 Å². The molecule has 2 amide bonds. The molecule has 3 aromatic carbocycles. The molecule has 0 atom stereocenters. The Labute approximate surface area is 230 Å². The molecule has 0 heterocycles. The zero-order valence-corrected chi connectivity index (χ0v) is 23.7. The summed E-state index contributed by atoms with van der Waals surface area (Å²) in [6, 6.07) is 17.6. The van der Waals surface area contributed by atoms with Crippen LogP contribution in [0.5, 0.6) is 17.2 Å². The molecule has 0 radical (unpaired) electrons. The molecular formula is C24H22I2N2O6S. The number of ether oxygens (including phenoxy) is 1. The predicted octanol–water partition coefficient (Wildman–Crippen LogP) is 4.33. The van der Waals surface area contributed by atoms with Gasteiger partial charge in [-0.1, -0.05) is 30.3 Å². The summed E-state index contributed by atoms with van der Waals surface area (Å²) >= 11 is 4.22. The van der Waals surface area contributed by atoms with E-state index in [0.29, 0.717) is 24.5 Å². The Morgan fingerprint density at radius 1 is 0.971 bits per heavy atom. The molecule has 0 aliphatic heterocycles. The van der Waals surface area contributed by atoms with Gasteiger partial charge in [-0.25, -0.2) is 8.42 Å². The molecule has 0 saturated carbocycles. The molecule has 184 valence electrons. The summed E-state index contributed by atoms with van der Waals surface area (Å²) in [5.74, 6) is -0.209. The van der Waals surface area contributed by atoms with E-state index in [1.54, 1.807) is 6.07 Å². The van der Waals surface area contributed by atoms with Gasteiger partial charge in [0.1, 0.15) is 11.5 Å². The number of aryl methyl sites for hydroxylation is 1. The number of carbonyl (C=O) groups is 2. The number of phenolic OH excluding ortho intramolecular Hbond substituents is 1. The molecule has 3 aromatic rings. The zero-order chi connectivity index (χ0) is 25.6. The molecule has 0 aliphatic carbocycles. The summed E-state index contributed by atoms with van der Waals surface area (Å²) in [6.45, 7) is 0.323. The summed E-state index contributed by atoms with van der Waals surface area (Å²) in [4.78, 5) is 24.4. The highest BCUT2D eigenvalue weighted by molar-refractivity contribution is 14.1. The van der Waals surface area contributed by atoms with Crippen LogP contribution in [0.15, 0.2) is 60.7 Å². The van der Waals surface area contributed by atoms with Crippen LogP contribution in [0.25, 0.3) is 0 Å². The number of phenols is 1. The number of benzene rings is 3. The van der Waals surface area contributed by atoms with Crippen molar-refractivity contribution in [2.45, 2.75) is 19.4 Å². The number of hydrogen-bond donors (Lipinski definition) is 3. The van der Waals surface area contributed by atoms with Gasteiger partial charge in [-0.05, 0) is 93.1 Å². The van der Waals surface area contributed by atoms with Crippen molar-refractivity contribution in [2.24, 2.45) is 0 Å². The fourth-order valence-electron chi connectivity index (χ4n) is 3.12. The summed E-state index contributed by atoms with van der Waals surface area (Å²) < 4.78 is 31.9. The second kappa shape index (κ2) is 12.0. The lowest BCUT2D eigenvalue weighted by atomic mass is 10.1. The van der Waals surface area contributed by atoms with Crippen LogP contribution < -0.4 is 14.8 Å². The number of halogens is 2. The first-order chi connectivity index (χ1) is 16.5. The molecule has 0 spiro atoms.